The zero-order valence-corrected chi connectivity index (χ0v) is 17.9. The number of piperazine rings is 1. The molecule has 4 nitrogen and oxygen atoms in total. The van der Waals surface area contributed by atoms with Crippen LogP contribution in [0.2, 0.25) is 0 Å². The lowest BCUT2D eigenvalue weighted by Gasteiger charge is -2.36. The van der Waals surface area contributed by atoms with Crippen LogP contribution in [0.3, 0.4) is 0 Å². The molecular formula is C22H26N2O2S2. The Morgan fingerprint density at radius 1 is 0.679 bits per heavy atom. The molecule has 0 unspecified atom stereocenters. The normalized spacial score (nSPS) is 16.5. The highest BCUT2D eigenvalue weighted by Crippen LogP contribution is 2.26. The number of benzene rings is 2. The van der Waals surface area contributed by atoms with Crippen LogP contribution in [0.4, 0.5) is 0 Å². The minimum Gasteiger partial charge on any atom is -0.338 e. The molecule has 0 saturated carbocycles. The van der Waals surface area contributed by atoms with Crippen molar-refractivity contribution in [1.82, 2.24) is 9.80 Å². The number of rotatable bonds is 6. The van der Waals surface area contributed by atoms with E-state index < -0.39 is 0 Å². The molecule has 3 rings (SSSR count). The number of carbonyl (C=O) groups is 2. The fourth-order valence-electron chi connectivity index (χ4n) is 3.17. The third-order valence-corrected chi connectivity index (χ3v) is 6.91. The standard InChI is InChI=1S/C22H26N2O2S2/c1-17(27-19-9-5-3-6-10-19)21(25)23-13-15-24(16-14-23)22(26)18(2)28-20-11-7-4-8-12-20/h3-12,17-18H,13-16H2,1-2H3/t17-,18-/m0/s1. The van der Waals surface area contributed by atoms with Crippen LogP contribution in [0.5, 0.6) is 0 Å². The van der Waals surface area contributed by atoms with Gasteiger partial charge in [-0.1, -0.05) is 36.4 Å². The Hall–Kier alpha value is -1.92. The monoisotopic (exact) mass is 414 g/mol. The molecule has 1 fully saturated rings. The fourth-order valence-corrected chi connectivity index (χ4v) is 5.11. The second-order valence-corrected chi connectivity index (χ2v) is 9.63. The molecule has 2 aromatic carbocycles. The van der Waals surface area contributed by atoms with Crippen molar-refractivity contribution in [3.63, 3.8) is 0 Å². The Morgan fingerprint density at radius 3 is 1.32 bits per heavy atom. The second-order valence-electron chi connectivity index (χ2n) is 6.80. The van der Waals surface area contributed by atoms with E-state index in [9.17, 15) is 9.59 Å². The average Bonchev–Trinajstić information content (AvgIpc) is 2.74. The van der Waals surface area contributed by atoms with E-state index >= 15 is 0 Å². The summed E-state index contributed by atoms with van der Waals surface area (Å²) < 4.78 is 0. The van der Waals surface area contributed by atoms with E-state index in [1.807, 2.05) is 84.3 Å². The van der Waals surface area contributed by atoms with E-state index in [2.05, 4.69) is 0 Å². The Labute approximate surface area is 175 Å². The van der Waals surface area contributed by atoms with Gasteiger partial charge >= 0.3 is 0 Å². The maximum atomic E-state index is 12.8. The van der Waals surface area contributed by atoms with E-state index in [0.717, 1.165) is 9.79 Å². The van der Waals surface area contributed by atoms with Gasteiger partial charge in [-0.05, 0) is 38.1 Å². The van der Waals surface area contributed by atoms with Crippen molar-refractivity contribution in [3.05, 3.63) is 60.7 Å². The summed E-state index contributed by atoms with van der Waals surface area (Å²) in [5.41, 5.74) is 0. The van der Waals surface area contributed by atoms with Crippen LogP contribution in [0, 0.1) is 0 Å². The van der Waals surface area contributed by atoms with E-state index in [4.69, 9.17) is 0 Å². The summed E-state index contributed by atoms with van der Waals surface area (Å²) in [5, 5.41) is -0.255. The Morgan fingerprint density at radius 2 is 1.00 bits per heavy atom. The number of amides is 2. The molecule has 2 atom stereocenters. The molecule has 2 amide bonds. The summed E-state index contributed by atoms with van der Waals surface area (Å²) in [5.74, 6) is 0.292. The number of thioether (sulfide) groups is 2. The summed E-state index contributed by atoms with van der Waals surface area (Å²) in [6.07, 6.45) is 0. The van der Waals surface area contributed by atoms with Gasteiger partial charge in [-0.3, -0.25) is 9.59 Å². The van der Waals surface area contributed by atoms with Gasteiger partial charge in [0.25, 0.3) is 0 Å². The Balaban J connectivity index is 1.48. The number of hydrogen-bond acceptors (Lipinski definition) is 4. The topological polar surface area (TPSA) is 40.6 Å². The van der Waals surface area contributed by atoms with Gasteiger partial charge in [-0.2, -0.15) is 0 Å². The summed E-state index contributed by atoms with van der Waals surface area (Å²) in [6, 6.07) is 20.0. The molecule has 1 aliphatic heterocycles. The Kier molecular flexibility index (Phi) is 7.45. The number of carbonyl (C=O) groups excluding carboxylic acids is 2. The first-order valence-corrected chi connectivity index (χ1v) is 11.3. The first kappa shape index (κ1) is 20.8. The van der Waals surface area contributed by atoms with Crippen LogP contribution in [0.15, 0.2) is 70.5 Å². The quantitative estimate of drug-likeness (QED) is 0.670. The molecular weight excluding hydrogens is 388 g/mol. The third-order valence-electron chi connectivity index (χ3n) is 4.71. The van der Waals surface area contributed by atoms with Crippen LogP contribution in [-0.2, 0) is 9.59 Å². The maximum absolute atomic E-state index is 12.8. The van der Waals surface area contributed by atoms with Crippen LogP contribution in [0.25, 0.3) is 0 Å². The predicted octanol–water partition coefficient (Wildman–Crippen LogP) is 4.02. The van der Waals surface area contributed by atoms with Crippen LogP contribution < -0.4 is 0 Å². The number of nitrogens with zero attached hydrogens (tertiary/aromatic N) is 2. The van der Waals surface area contributed by atoms with Gasteiger partial charge in [0.05, 0.1) is 10.5 Å². The first-order valence-electron chi connectivity index (χ1n) is 9.55. The maximum Gasteiger partial charge on any atom is 0.235 e. The molecule has 1 saturated heterocycles. The van der Waals surface area contributed by atoms with Crippen LogP contribution in [0.1, 0.15) is 13.8 Å². The lowest BCUT2D eigenvalue weighted by atomic mass is 10.2. The van der Waals surface area contributed by atoms with Gasteiger partial charge in [-0.25, -0.2) is 0 Å². The summed E-state index contributed by atoms with van der Waals surface area (Å²) in [6.45, 7) is 6.33. The molecule has 148 valence electrons. The summed E-state index contributed by atoms with van der Waals surface area (Å²) in [4.78, 5) is 31.5. The van der Waals surface area contributed by atoms with Crippen molar-refractivity contribution in [2.24, 2.45) is 0 Å². The molecule has 28 heavy (non-hydrogen) atoms. The van der Waals surface area contributed by atoms with Gasteiger partial charge in [0, 0.05) is 36.0 Å². The lowest BCUT2D eigenvalue weighted by Crippen LogP contribution is -2.53. The van der Waals surface area contributed by atoms with Crippen LogP contribution in [-0.4, -0.2) is 58.3 Å². The van der Waals surface area contributed by atoms with Gasteiger partial charge in [0.1, 0.15) is 0 Å². The zero-order valence-electron chi connectivity index (χ0n) is 16.3. The van der Waals surface area contributed by atoms with Gasteiger partial charge < -0.3 is 9.80 Å². The molecule has 1 aliphatic rings. The molecule has 0 spiro atoms. The minimum atomic E-state index is -0.128. The largest absolute Gasteiger partial charge is 0.338 e. The first-order chi connectivity index (χ1) is 13.5. The SMILES string of the molecule is C[C@H](Sc1ccccc1)C(=O)N1CCN(C(=O)[C@H](C)Sc2ccccc2)CC1. The molecule has 0 N–H and O–H groups in total. The second kappa shape index (κ2) is 10.0. The Bertz CT molecular complexity index is 710. The summed E-state index contributed by atoms with van der Waals surface area (Å²) in [7, 11) is 0. The zero-order chi connectivity index (χ0) is 19.9. The molecule has 0 bridgehead atoms. The predicted molar refractivity (Wildman–Crippen MR) is 117 cm³/mol. The minimum absolute atomic E-state index is 0.128. The van der Waals surface area contributed by atoms with Crippen molar-refractivity contribution < 1.29 is 9.59 Å². The molecule has 1 heterocycles. The van der Waals surface area contributed by atoms with Crippen molar-refractivity contribution >= 4 is 35.3 Å². The van der Waals surface area contributed by atoms with Gasteiger partial charge in [0.15, 0.2) is 0 Å². The molecule has 0 aliphatic carbocycles. The smallest absolute Gasteiger partial charge is 0.235 e. The summed E-state index contributed by atoms with van der Waals surface area (Å²) >= 11 is 3.17. The van der Waals surface area contributed by atoms with Crippen molar-refractivity contribution in [3.8, 4) is 0 Å². The number of hydrogen-bond donors (Lipinski definition) is 0. The third kappa shape index (κ3) is 5.55. The van der Waals surface area contributed by atoms with Crippen molar-refractivity contribution in [2.45, 2.75) is 34.1 Å². The fraction of sp³-hybridized carbons (Fsp3) is 0.364. The lowest BCUT2D eigenvalue weighted by molar-refractivity contribution is -0.138. The van der Waals surface area contributed by atoms with Crippen molar-refractivity contribution in [1.29, 1.82) is 0 Å². The molecule has 0 radical (unpaired) electrons. The molecule has 2 aromatic rings. The van der Waals surface area contributed by atoms with E-state index in [-0.39, 0.29) is 22.3 Å². The van der Waals surface area contributed by atoms with Crippen LogP contribution >= 0.6 is 23.5 Å². The van der Waals surface area contributed by atoms with Gasteiger partial charge in [0.2, 0.25) is 11.8 Å². The molecule has 6 heteroatoms. The van der Waals surface area contributed by atoms with E-state index in [0.29, 0.717) is 26.2 Å². The average molecular weight is 415 g/mol. The van der Waals surface area contributed by atoms with Crippen molar-refractivity contribution in [2.75, 3.05) is 26.2 Å². The van der Waals surface area contributed by atoms with E-state index in [1.165, 1.54) is 0 Å². The van der Waals surface area contributed by atoms with Gasteiger partial charge in [-0.15, -0.1) is 23.5 Å². The molecule has 0 aromatic heterocycles. The highest BCUT2D eigenvalue weighted by Gasteiger charge is 2.29. The highest BCUT2D eigenvalue weighted by atomic mass is 32.2. The van der Waals surface area contributed by atoms with E-state index in [1.54, 1.807) is 23.5 Å². The highest BCUT2D eigenvalue weighted by molar-refractivity contribution is 8.00.